The summed E-state index contributed by atoms with van der Waals surface area (Å²) in [6, 6.07) is 18.1. The molecular formula is C17H17ClN3O+. The van der Waals surface area contributed by atoms with Crippen molar-refractivity contribution in [1.29, 1.82) is 0 Å². The van der Waals surface area contributed by atoms with E-state index < -0.39 is 0 Å². The third kappa shape index (κ3) is 3.53. The van der Waals surface area contributed by atoms with Gasteiger partial charge in [-0.3, -0.25) is 0 Å². The first-order chi connectivity index (χ1) is 10.7. The zero-order chi connectivity index (χ0) is 15.4. The molecule has 0 saturated heterocycles. The number of hydrogen-bond donors (Lipinski definition) is 1. The number of rotatable bonds is 5. The van der Waals surface area contributed by atoms with Crippen molar-refractivity contribution in [3.8, 4) is 11.4 Å². The molecule has 0 spiro atoms. The maximum absolute atomic E-state index is 5.88. The van der Waals surface area contributed by atoms with Crippen LogP contribution in [0.5, 0.6) is 0 Å². The molecule has 0 radical (unpaired) electrons. The van der Waals surface area contributed by atoms with Crippen LogP contribution in [-0.2, 0) is 6.54 Å². The van der Waals surface area contributed by atoms with Crippen molar-refractivity contribution in [1.82, 2.24) is 10.1 Å². The van der Waals surface area contributed by atoms with Crippen LogP contribution in [0.3, 0.4) is 0 Å². The van der Waals surface area contributed by atoms with Gasteiger partial charge in [-0.15, -0.1) is 0 Å². The smallest absolute Gasteiger partial charge is 0.282 e. The maximum Gasteiger partial charge on any atom is 0.282 e. The highest BCUT2D eigenvalue weighted by Gasteiger charge is 2.13. The number of quaternary nitrogens is 1. The highest BCUT2D eigenvalue weighted by atomic mass is 35.5. The van der Waals surface area contributed by atoms with Crippen molar-refractivity contribution in [2.24, 2.45) is 0 Å². The van der Waals surface area contributed by atoms with Gasteiger partial charge in [-0.05, 0) is 31.2 Å². The summed E-state index contributed by atoms with van der Waals surface area (Å²) in [5.41, 5.74) is 2.18. The van der Waals surface area contributed by atoms with Crippen molar-refractivity contribution in [2.45, 2.75) is 19.5 Å². The molecule has 0 unspecified atom stereocenters. The molecule has 4 nitrogen and oxygen atoms in total. The van der Waals surface area contributed by atoms with E-state index in [1.54, 1.807) is 0 Å². The van der Waals surface area contributed by atoms with E-state index in [0.717, 1.165) is 5.56 Å². The molecule has 0 aliphatic heterocycles. The molecule has 0 saturated carbocycles. The van der Waals surface area contributed by atoms with Crippen LogP contribution >= 0.6 is 11.6 Å². The lowest BCUT2D eigenvalue weighted by atomic mass is 10.1. The normalized spacial score (nSPS) is 12.3. The van der Waals surface area contributed by atoms with Crippen LogP contribution in [0, 0.1) is 0 Å². The van der Waals surface area contributed by atoms with Gasteiger partial charge in [0.25, 0.3) is 5.89 Å². The Morgan fingerprint density at radius 3 is 2.55 bits per heavy atom. The third-order valence-corrected chi connectivity index (χ3v) is 3.79. The minimum atomic E-state index is 0.340. The van der Waals surface area contributed by atoms with E-state index in [2.05, 4.69) is 34.5 Å². The number of nitrogens with zero attached hydrogens (tertiary/aromatic N) is 2. The second-order valence-electron chi connectivity index (χ2n) is 5.16. The van der Waals surface area contributed by atoms with Crippen LogP contribution in [0.4, 0.5) is 0 Å². The van der Waals surface area contributed by atoms with Crippen molar-refractivity contribution < 1.29 is 9.84 Å². The van der Waals surface area contributed by atoms with Gasteiger partial charge in [0.2, 0.25) is 5.82 Å². The van der Waals surface area contributed by atoms with Gasteiger partial charge in [0, 0.05) is 16.1 Å². The third-order valence-electron chi connectivity index (χ3n) is 3.54. The lowest BCUT2D eigenvalue weighted by Gasteiger charge is -2.08. The predicted octanol–water partition coefficient (Wildman–Crippen LogP) is 3.21. The Morgan fingerprint density at radius 2 is 1.82 bits per heavy atom. The largest absolute Gasteiger partial charge is 0.333 e. The molecule has 5 heteroatoms. The fraction of sp³-hybridized carbons (Fsp3) is 0.176. The van der Waals surface area contributed by atoms with Crippen molar-refractivity contribution in [3.05, 3.63) is 71.1 Å². The molecule has 0 bridgehead atoms. The Bertz CT molecular complexity index is 725. The quantitative estimate of drug-likeness (QED) is 0.786. The number of aromatic nitrogens is 2. The molecule has 0 aliphatic carbocycles. The Balaban J connectivity index is 1.63. The number of hydrogen-bond acceptors (Lipinski definition) is 3. The van der Waals surface area contributed by atoms with E-state index in [-0.39, 0.29) is 0 Å². The summed E-state index contributed by atoms with van der Waals surface area (Å²) in [4.78, 5) is 4.42. The molecule has 1 heterocycles. The van der Waals surface area contributed by atoms with Gasteiger partial charge >= 0.3 is 0 Å². The van der Waals surface area contributed by atoms with E-state index >= 15 is 0 Å². The van der Waals surface area contributed by atoms with Gasteiger partial charge in [-0.1, -0.05) is 47.1 Å². The van der Waals surface area contributed by atoms with Gasteiger partial charge in [0.15, 0.2) is 6.54 Å². The maximum atomic E-state index is 5.88. The standard InChI is InChI=1S/C17H16ClN3O/c1-12(13-5-3-2-4-6-13)19-11-16-20-17(21-22-16)14-7-9-15(18)10-8-14/h2-10,12,19H,11H2,1H3/p+1/t12-/m1/s1. The summed E-state index contributed by atoms with van der Waals surface area (Å²) in [7, 11) is 0. The molecule has 3 rings (SSSR count). The average molecular weight is 315 g/mol. The summed E-state index contributed by atoms with van der Waals surface area (Å²) < 4.78 is 5.31. The molecule has 0 fully saturated rings. The van der Waals surface area contributed by atoms with E-state index in [0.29, 0.717) is 29.3 Å². The Kier molecular flexibility index (Phi) is 4.51. The molecule has 2 N–H and O–H groups in total. The van der Waals surface area contributed by atoms with E-state index in [1.807, 2.05) is 42.5 Å². The predicted molar refractivity (Wildman–Crippen MR) is 85.2 cm³/mol. The SMILES string of the molecule is C[C@@H]([NH2+]Cc1nc(-c2ccc(Cl)cc2)no1)c1ccccc1. The molecule has 0 amide bonds. The lowest BCUT2D eigenvalue weighted by molar-refractivity contribution is -0.710. The first-order valence-corrected chi connectivity index (χ1v) is 7.57. The Hall–Kier alpha value is -2.17. The minimum absolute atomic E-state index is 0.340. The molecule has 2 aromatic carbocycles. The molecule has 3 aromatic rings. The van der Waals surface area contributed by atoms with E-state index in [4.69, 9.17) is 16.1 Å². The second-order valence-corrected chi connectivity index (χ2v) is 5.59. The summed E-state index contributed by atoms with van der Waals surface area (Å²) in [6.07, 6.45) is 0. The van der Waals surface area contributed by atoms with Crippen LogP contribution in [0.15, 0.2) is 59.1 Å². The Morgan fingerprint density at radius 1 is 1.09 bits per heavy atom. The summed E-state index contributed by atoms with van der Waals surface area (Å²) >= 11 is 5.88. The molecular weight excluding hydrogens is 298 g/mol. The molecule has 1 aromatic heterocycles. The molecule has 112 valence electrons. The second kappa shape index (κ2) is 6.73. The zero-order valence-electron chi connectivity index (χ0n) is 12.2. The minimum Gasteiger partial charge on any atom is -0.333 e. The summed E-state index contributed by atoms with van der Waals surface area (Å²) in [5, 5.41) is 6.88. The fourth-order valence-corrected chi connectivity index (χ4v) is 2.35. The van der Waals surface area contributed by atoms with Gasteiger partial charge in [0.1, 0.15) is 6.04 Å². The van der Waals surface area contributed by atoms with Crippen LogP contribution < -0.4 is 5.32 Å². The van der Waals surface area contributed by atoms with E-state index in [1.165, 1.54) is 5.56 Å². The zero-order valence-corrected chi connectivity index (χ0v) is 13.0. The topological polar surface area (TPSA) is 55.5 Å². The van der Waals surface area contributed by atoms with Crippen LogP contribution in [-0.4, -0.2) is 10.1 Å². The average Bonchev–Trinajstić information content (AvgIpc) is 3.03. The lowest BCUT2D eigenvalue weighted by Crippen LogP contribution is -2.83. The van der Waals surface area contributed by atoms with Crippen molar-refractivity contribution in [2.75, 3.05) is 0 Å². The number of halogens is 1. The summed E-state index contributed by atoms with van der Waals surface area (Å²) in [6.45, 7) is 2.81. The van der Waals surface area contributed by atoms with Gasteiger partial charge in [-0.25, -0.2) is 0 Å². The molecule has 22 heavy (non-hydrogen) atoms. The molecule has 0 aliphatic rings. The first-order valence-electron chi connectivity index (χ1n) is 7.19. The van der Waals surface area contributed by atoms with Crippen molar-refractivity contribution >= 4 is 11.6 Å². The monoisotopic (exact) mass is 314 g/mol. The van der Waals surface area contributed by atoms with Gasteiger partial charge < -0.3 is 9.84 Å². The molecule has 1 atom stereocenters. The summed E-state index contributed by atoms with van der Waals surface area (Å²) in [5.74, 6) is 1.21. The highest BCUT2D eigenvalue weighted by molar-refractivity contribution is 6.30. The highest BCUT2D eigenvalue weighted by Crippen LogP contribution is 2.18. The van der Waals surface area contributed by atoms with Crippen LogP contribution in [0.1, 0.15) is 24.4 Å². The fourth-order valence-electron chi connectivity index (χ4n) is 2.22. The van der Waals surface area contributed by atoms with Crippen LogP contribution in [0.25, 0.3) is 11.4 Å². The van der Waals surface area contributed by atoms with E-state index in [9.17, 15) is 0 Å². The van der Waals surface area contributed by atoms with Crippen LogP contribution in [0.2, 0.25) is 5.02 Å². The number of benzene rings is 2. The first kappa shape index (κ1) is 14.8. The van der Waals surface area contributed by atoms with Gasteiger partial charge in [-0.2, -0.15) is 4.98 Å². The van der Waals surface area contributed by atoms with Gasteiger partial charge in [0.05, 0.1) is 0 Å². The van der Waals surface area contributed by atoms with Crippen molar-refractivity contribution in [3.63, 3.8) is 0 Å². The number of nitrogens with two attached hydrogens (primary N) is 1. The Labute approximate surface area is 134 Å².